The number of allylic oxidation sites excluding steroid dienone is 2. The van der Waals surface area contributed by atoms with Crippen LogP contribution in [0.15, 0.2) is 42.6 Å². The first kappa shape index (κ1) is 10.9. The van der Waals surface area contributed by atoms with E-state index in [0.717, 1.165) is 12.0 Å². The van der Waals surface area contributed by atoms with E-state index in [1.165, 1.54) is 0 Å². The Bertz CT molecular complexity index is 408. The summed E-state index contributed by atoms with van der Waals surface area (Å²) >= 11 is 0. The van der Waals surface area contributed by atoms with Gasteiger partial charge in [0.1, 0.15) is 11.4 Å². The smallest absolute Gasteiger partial charge is 0.123 e. The Balaban J connectivity index is 2.35. The lowest BCUT2D eigenvalue weighted by Gasteiger charge is -2.31. The highest BCUT2D eigenvalue weighted by atomic mass is 16.5. The number of rotatable bonds is 3. The highest BCUT2D eigenvalue weighted by Gasteiger charge is 2.30. The van der Waals surface area contributed by atoms with Crippen molar-refractivity contribution >= 4 is 5.82 Å². The Labute approximate surface area is 95.6 Å². The Morgan fingerprint density at radius 1 is 1.44 bits per heavy atom. The van der Waals surface area contributed by atoms with Gasteiger partial charge >= 0.3 is 0 Å². The van der Waals surface area contributed by atoms with Gasteiger partial charge < -0.3 is 10.5 Å². The predicted octanol–water partition coefficient (Wildman–Crippen LogP) is 2.41. The standard InChI is InChI=1S/C13H16N2O/c1-2-16-13(8-4-3-5-9-13)11-6-7-12(14)15-10-11/h3-8,10H,2,9H2,1H3,(H2,14,15). The van der Waals surface area contributed by atoms with E-state index in [1.54, 1.807) is 6.20 Å². The van der Waals surface area contributed by atoms with Crippen molar-refractivity contribution in [3.05, 3.63) is 48.2 Å². The van der Waals surface area contributed by atoms with Crippen LogP contribution in [0.3, 0.4) is 0 Å². The molecule has 84 valence electrons. The van der Waals surface area contributed by atoms with Gasteiger partial charge in [0.25, 0.3) is 0 Å². The molecule has 0 spiro atoms. The van der Waals surface area contributed by atoms with Crippen LogP contribution >= 0.6 is 0 Å². The van der Waals surface area contributed by atoms with Gasteiger partial charge in [-0.05, 0) is 19.1 Å². The number of ether oxygens (including phenoxy) is 1. The Kier molecular flexibility index (Phi) is 3.06. The highest BCUT2D eigenvalue weighted by Crippen LogP contribution is 2.33. The topological polar surface area (TPSA) is 48.1 Å². The van der Waals surface area contributed by atoms with Crippen molar-refractivity contribution in [2.45, 2.75) is 18.9 Å². The minimum absolute atomic E-state index is 0.371. The van der Waals surface area contributed by atoms with Crippen molar-refractivity contribution in [2.24, 2.45) is 0 Å². The van der Waals surface area contributed by atoms with Gasteiger partial charge in [0.05, 0.1) is 0 Å². The average molecular weight is 216 g/mol. The number of hydrogen-bond acceptors (Lipinski definition) is 3. The molecule has 16 heavy (non-hydrogen) atoms. The first-order chi connectivity index (χ1) is 7.77. The average Bonchev–Trinajstić information content (AvgIpc) is 2.31. The molecule has 0 amide bonds. The van der Waals surface area contributed by atoms with Crippen LogP contribution in [0.1, 0.15) is 18.9 Å². The molecule has 0 aromatic carbocycles. The fourth-order valence-corrected chi connectivity index (χ4v) is 1.92. The Morgan fingerprint density at radius 3 is 2.88 bits per heavy atom. The number of nitrogens with zero attached hydrogens (tertiary/aromatic N) is 1. The molecule has 2 N–H and O–H groups in total. The van der Waals surface area contributed by atoms with Crippen LogP contribution in [-0.2, 0) is 10.3 Å². The van der Waals surface area contributed by atoms with Gasteiger partial charge in [-0.1, -0.05) is 24.3 Å². The van der Waals surface area contributed by atoms with Crippen LogP contribution in [0.4, 0.5) is 5.82 Å². The Hall–Kier alpha value is -1.61. The van der Waals surface area contributed by atoms with E-state index in [1.807, 2.05) is 31.2 Å². The molecule has 0 aliphatic heterocycles. The van der Waals surface area contributed by atoms with Gasteiger partial charge in [-0.2, -0.15) is 0 Å². The quantitative estimate of drug-likeness (QED) is 0.844. The maximum atomic E-state index is 5.88. The van der Waals surface area contributed by atoms with Crippen LogP contribution in [0.2, 0.25) is 0 Å². The summed E-state index contributed by atoms with van der Waals surface area (Å²) < 4.78 is 5.88. The molecule has 3 heteroatoms. The van der Waals surface area contributed by atoms with Gasteiger partial charge in [0.15, 0.2) is 0 Å². The second kappa shape index (κ2) is 4.49. The summed E-state index contributed by atoms with van der Waals surface area (Å²) in [5.74, 6) is 0.533. The molecule has 1 unspecified atom stereocenters. The van der Waals surface area contributed by atoms with Crippen molar-refractivity contribution in [3.63, 3.8) is 0 Å². The lowest BCUT2D eigenvalue weighted by atomic mass is 9.88. The van der Waals surface area contributed by atoms with Gasteiger partial charge in [-0.25, -0.2) is 4.98 Å². The molecule has 1 aromatic rings. The minimum atomic E-state index is -0.371. The van der Waals surface area contributed by atoms with Crippen LogP contribution in [0, 0.1) is 0 Å². The maximum Gasteiger partial charge on any atom is 0.123 e. The number of hydrogen-bond donors (Lipinski definition) is 1. The minimum Gasteiger partial charge on any atom is -0.384 e. The summed E-state index contributed by atoms with van der Waals surface area (Å²) in [5, 5.41) is 0. The van der Waals surface area contributed by atoms with Crippen LogP contribution in [0.25, 0.3) is 0 Å². The van der Waals surface area contributed by atoms with Crippen molar-refractivity contribution in [3.8, 4) is 0 Å². The number of aromatic nitrogens is 1. The van der Waals surface area contributed by atoms with Crippen molar-refractivity contribution in [1.82, 2.24) is 4.98 Å². The zero-order chi connectivity index (χ0) is 11.4. The number of anilines is 1. The zero-order valence-electron chi connectivity index (χ0n) is 9.39. The molecule has 0 radical (unpaired) electrons. The van der Waals surface area contributed by atoms with Crippen molar-refractivity contribution in [1.29, 1.82) is 0 Å². The third-order valence-electron chi connectivity index (χ3n) is 2.71. The van der Waals surface area contributed by atoms with Gasteiger partial charge in [0, 0.05) is 24.8 Å². The summed E-state index contributed by atoms with van der Waals surface area (Å²) in [5.41, 5.74) is 6.26. The van der Waals surface area contributed by atoms with Crippen molar-refractivity contribution in [2.75, 3.05) is 12.3 Å². The maximum absolute atomic E-state index is 5.88. The zero-order valence-corrected chi connectivity index (χ0v) is 9.39. The summed E-state index contributed by atoms with van der Waals surface area (Å²) in [4.78, 5) is 4.12. The molecule has 1 atom stereocenters. The second-order valence-electron chi connectivity index (χ2n) is 3.79. The first-order valence-corrected chi connectivity index (χ1v) is 5.47. The molecule has 1 aliphatic carbocycles. The van der Waals surface area contributed by atoms with Crippen LogP contribution in [0.5, 0.6) is 0 Å². The summed E-state index contributed by atoms with van der Waals surface area (Å²) in [7, 11) is 0. The van der Waals surface area contributed by atoms with Crippen LogP contribution < -0.4 is 5.73 Å². The van der Waals surface area contributed by atoms with E-state index in [9.17, 15) is 0 Å². The Morgan fingerprint density at radius 2 is 2.31 bits per heavy atom. The summed E-state index contributed by atoms with van der Waals surface area (Å²) in [6, 6.07) is 3.78. The summed E-state index contributed by atoms with van der Waals surface area (Å²) in [6.45, 7) is 2.67. The van der Waals surface area contributed by atoms with Gasteiger partial charge in [-0.3, -0.25) is 0 Å². The van der Waals surface area contributed by atoms with Gasteiger partial charge in [0.2, 0.25) is 0 Å². The van der Waals surface area contributed by atoms with E-state index in [2.05, 4.69) is 17.1 Å². The molecule has 2 rings (SSSR count). The molecular formula is C13H16N2O. The third kappa shape index (κ3) is 1.99. The first-order valence-electron chi connectivity index (χ1n) is 5.47. The van der Waals surface area contributed by atoms with E-state index < -0.39 is 0 Å². The number of pyridine rings is 1. The van der Waals surface area contributed by atoms with E-state index >= 15 is 0 Å². The molecule has 1 aliphatic rings. The molecular weight excluding hydrogens is 200 g/mol. The normalized spacial score (nSPS) is 23.6. The molecule has 1 heterocycles. The van der Waals surface area contributed by atoms with E-state index in [4.69, 9.17) is 10.5 Å². The SMILES string of the molecule is CCOC1(c2ccc(N)nc2)C=CC=CC1. The second-order valence-corrected chi connectivity index (χ2v) is 3.79. The van der Waals surface area contributed by atoms with E-state index in [0.29, 0.717) is 12.4 Å². The lowest BCUT2D eigenvalue weighted by molar-refractivity contribution is -0.00353. The molecule has 0 saturated heterocycles. The molecule has 0 saturated carbocycles. The van der Waals surface area contributed by atoms with E-state index in [-0.39, 0.29) is 5.60 Å². The monoisotopic (exact) mass is 216 g/mol. The van der Waals surface area contributed by atoms with Crippen molar-refractivity contribution < 1.29 is 4.74 Å². The molecule has 3 nitrogen and oxygen atoms in total. The largest absolute Gasteiger partial charge is 0.384 e. The van der Waals surface area contributed by atoms with Crippen LogP contribution in [-0.4, -0.2) is 11.6 Å². The fourth-order valence-electron chi connectivity index (χ4n) is 1.92. The lowest BCUT2D eigenvalue weighted by Crippen LogP contribution is -2.28. The predicted molar refractivity (Wildman–Crippen MR) is 64.9 cm³/mol. The highest BCUT2D eigenvalue weighted by molar-refractivity contribution is 5.36. The number of nitrogens with two attached hydrogens (primary N) is 1. The fraction of sp³-hybridized carbons (Fsp3) is 0.308. The third-order valence-corrected chi connectivity index (χ3v) is 2.71. The van der Waals surface area contributed by atoms with Gasteiger partial charge in [-0.15, -0.1) is 0 Å². The number of nitrogen functional groups attached to an aromatic ring is 1. The summed E-state index contributed by atoms with van der Waals surface area (Å²) in [6.07, 6.45) is 10.8. The molecule has 0 bridgehead atoms. The molecule has 1 aromatic heterocycles. The molecule has 0 fully saturated rings.